The van der Waals surface area contributed by atoms with Crippen LogP contribution < -0.4 is 10.6 Å². The first-order chi connectivity index (χ1) is 8.74. The molecular weight excluding hydrogens is 224 g/mol. The molecule has 0 saturated carbocycles. The van der Waals surface area contributed by atoms with Crippen molar-refractivity contribution in [1.29, 1.82) is 0 Å². The highest BCUT2D eigenvalue weighted by Crippen LogP contribution is 2.27. The quantitative estimate of drug-likeness (QED) is 0.818. The van der Waals surface area contributed by atoms with Crippen LogP contribution in [-0.4, -0.2) is 25.1 Å². The molecule has 0 fully saturated rings. The first kappa shape index (κ1) is 11.3. The number of fused-ring (bicyclic) bond motifs is 1. The SMILES string of the molecule is CN1CCCc2cc(C3=NN=C(N)CC3)ccc21. The number of aryl methyl sites for hydroxylation is 1. The van der Waals surface area contributed by atoms with Gasteiger partial charge in [-0.2, -0.15) is 5.10 Å². The second-order valence-corrected chi connectivity index (χ2v) is 5.01. The number of nitrogens with two attached hydrogens (primary N) is 1. The van der Waals surface area contributed by atoms with Crippen LogP contribution in [0.1, 0.15) is 30.4 Å². The number of rotatable bonds is 1. The third kappa shape index (κ3) is 1.98. The molecule has 0 spiro atoms. The lowest BCUT2D eigenvalue weighted by Gasteiger charge is -2.28. The van der Waals surface area contributed by atoms with Gasteiger partial charge in [0.25, 0.3) is 0 Å². The van der Waals surface area contributed by atoms with Crippen LogP contribution in [0.25, 0.3) is 0 Å². The Bertz CT molecular complexity index is 531. The van der Waals surface area contributed by atoms with E-state index >= 15 is 0 Å². The number of hydrogen-bond acceptors (Lipinski definition) is 4. The zero-order chi connectivity index (χ0) is 12.5. The first-order valence-corrected chi connectivity index (χ1v) is 6.47. The Morgan fingerprint density at radius 3 is 2.83 bits per heavy atom. The summed E-state index contributed by atoms with van der Waals surface area (Å²) in [6.45, 7) is 1.15. The molecule has 0 bridgehead atoms. The largest absolute Gasteiger partial charge is 0.386 e. The topological polar surface area (TPSA) is 54.0 Å². The zero-order valence-corrected chi connectivity index (χ0v) is 10.7. The molecule has 2 aliphatic heterocycles. The number of nitrogens with zero attached hydrogens (tertiary/aromatic N) is 3. The molecule has 2 heterocycles. The van der Waals surface area contributed by atoms with Gasteiger partial charge in [-0.3, -0.25) is 0 Å². The Hall–Kier alpha value is -1.84. The van der Waals surface area contributed by atoms with Crippen molar-refractivity contribution in [2.75, 3.05) is 18.5 Å². The fourth-order valence-corrected chi connectivity index (χ4v) is 2.64. The van der Waals surface area contributed by atoms with Gasteiger partial charge in [-0.15, -0.1) is 5.10 Å². The van der Waals surface area contributed by atoms with Crippen LogP contribution in [0.15, 0.2) is 28.4 Å². The maximum Gasteiger partial charge on any atom is 0.122 e. The maximum absolute atomic E-state index is 5.64. The van der Waals surface area contributed by atoms with Crippen LogP contribution in [0.3, 0.4) is 0 Å². The number of benzene rings is 1. The van der Waals surface area contributed by atoms with E-state index in [0.717, 1.165) is 31.5 Å². The molecule has 0 atom stereocenters. The summed E-state index contributed by atoms with van der Waals surface area (Å²) >= 11 is 0. The highest BCUT2D eigenvalue weighted by Gasteiger charge is 2.16. The molecule has 2 aliphatic rings. The second-order valence-electron chi connectivity index (χ2n) is 5.01. The van der Waals surface area contributed by atoms with Gasteiger partial charge in [-0.1, -0.05) is 6.07 Å². The minimum absolute atomic E-state index is 0.636. The molecule has 1 aromatic rings. The Labute approximate surface area is 107 Å². The number of anilines is 1. The summed E-state index contributed by atoms with van der Waals surface area (Å²) in [5, 5.41) is 8.20. The lowest BCUT2D eigenvalue weighted by atomic mass is 9.96. The Morgan fingerprint density at radius 1 is 1.17 bits per heavy atom. The van der Waals surface area contributed by atoms with E-state index in [0.29, 0.717) is 5.84 Å². The van der Waals surface area contributed by atoms with Crippen LogP contribution in [0.2, 0.25) is 0 Å². The van der Waals surface area contributed by atoms with Crippen LogP contribution in [-0.2, 0) is 6.42 Å². The van der Waals surface area contributed by atoms with Gasteiger partial charge < -0.3 is 10.6 Å². The van der Waals surface area contributed by atoms with Gasteiger partial charge in [-0.25, -0.2) is 0 Å². The normalized spacial score (nSPS) is 19.1. The fraction of sp³-hybridized carbons (Fsp3) is 0.429. The lowest BCUT2D eigenvalue weighted by molar-refractivity contribution is 0.744. The van der Waals surface area contributed by atoms with Crippen molar-refractivity contribution in [2.24, 2.45) is 15.9 Å². The van der Waals surface area contributed by atoms with Crippen molar-refractivity contribution < 1.29 is 0 Å². The Balaban J connectivity index is 1.95. The monoisotopic (exact) mass is 242 g/mol. The predicted octanol–water partition coefficient (Wildman–Crippen LogP) is 1.92. The van der Waals surface area contributed by atoms with Crippen LogP contribution in [0.4, 0.5) is 5.69 Å². The molecule has 0 saturated heterocycles. The van der Waals surface area contributed by atoms with Gasteiger partial charge in [0.1, 0.15) is 5.84 Å². The van der Waals surface area contributed by atoms with Crippen LogP contribution in [0, 0.1) is 0 Å². The van der Waals surface area contributed by atoms with E-state index in [1.165, 1.54) is 23.2 Å². The molecule has 0 aromatic heterocycles. The van der Waals surface area contributed by atoms with E-state index in [4.69, 9.17) is 5.73 Å². The van der Waals surface area contributed by atoms with Gasteiger partial charge in [0.05, 0.1) is 5.71 Å². The lowest BCUT2D eigenvalue weighted by Crippen LogP contribution is -2.25. The Morgan fingerprint density at radius 2 is 2.06 bits per heavy atom. The summed E-state index contributed by atoms with van der Waals surface area (Å²) in [4.78, 5) is 2.32. The average molecular weight is 242 g/mol. The van der Waals surface area contributed by atoms with Gasteiger partial charge >= 0.3 is 0 Å². The van der Waals surface area contributed by atoms with E-state index in [1.807, 2.05) is 0 Å². The van der Waals surface area contributed by atoms with Crippen molar-refractivity contribution in [3.8, 4) is 0 Å². The van der Waals surface area contributed by atoms with Gasteiger partial charge in [0.15, 0.2) is 0 Å². The molecule has 0 aliphatic carbocycles. The van der Waals surface area contributed by atoms with Gasteiger partial charge in [0, 0.05) is 25.7 Å². The molecule has 18 heavy (non-hydrogen) atoms. The highest BCUT2D eigenvalue weighted by atomic mass is 15.2. The third-order valence-corrected chi connectivity index (χ3v) is 3.68. The molecular formula is C14H18N4. The molecule has 0 unspecified atom stereocenters. The van der Waals surface area contributed by atoms with E-state index in [9.17, 15) is 0 Å². The minimum Gasteiger partial charge on any atom is -0.386 e. The van der Waals surface area contributed by atoms with Crippen molar-refractivity contribution in [3.63, 3.8) is 0 Å². The summed E-state index contributed by atoms with van der Waals surface area (Å²) in [6.07, 6.45) is 4.09. The molecule has 3 rings (SSSR count). The summed E-state index contributed by atoms with van der Waals surface area (Å²) in [5.74, 6) is 0.636. The molecule has 2 N–H and O–H groups in total. The zero-order valence-electron chi connectivity index (χ0n) is 10.7. The maximum atomic E-state index is 5.64. The highest BCUT2D eigenvalue weighted by molar-refractivity contribution is 6.04. The van der Waals surface area contributed by atoms with Crippen molar-refractivity contribution in [1.82, 2.24) is 0 Å². The van der Waals surface area contributed by atoms with Gasteiger partial charge in [0.2, 0.25) is 0 Å². The van der Waals surface area contributed by atoms with E-state index in [-0.39, 0.29) is 0 Å². The van der Waals surface area contributed by atoms with Gasteiger partial charge in [-0.05, 0) is 42.5 Å². The molecule has 0 radical (unpaired) electrons. The number of amidine groups is 1. The second kappa shape index (κ2) is 4.44. The fourth-order valence-electron chi connectivity index (χ4n) is 2.64. The van der Waals surface area contributed by atoms with Crippen LogP contribution in [0.5, 0.6) is 0 Å². The Kier molecular flexibility index (Phi) is 2.78. The molecule has 1 aromatic carbocycles. The molecule has 94 valence electrons. The summed E-state index contributed by atoms with van der Waals surface area (Å²) < 4.78 is 0. The molecule has 4 heteroatoms. The third-order valence-electron chi connectivity index (χ3n) is 3.68. The smallest absolute Gasteiger partial charge is 0.122 e. The number of hydrogen-bond donors (Lipinski definition) is 1. The average Bonchev–Trinajstić information content (AvgIpc) is 2.39. The van der Waals surface area contributed by atoms with Crippen molar-refractivity contribution in [2.45, 2.75) is 25.7 Å². The van der Waals surface area contributed by atoms with E-state index in [2.05, 4.69) is 40.3 Å². The summed E-state index contributed by atoms with van der Waals surface area (Å²) in [7, 11) is 2.15. The molecule has 0 amide bonds. The van der Waals surface area contributed by atoms with E-state index < -0.39 is 0 Å². The molecule has 4 nitrogen and oxygen atoms in total. The first-order valence-electron chi connectivity index (χ1n) is 6.47. The predicted molar refractivity (Wildman–Crippen MR) is 75.4 cm³/mol. The minimum atomic E-state index is 0.636. The van der Waals surface area contributed by atoms with Crippen molar-refractivity contribution in [3.05, 3.63) is 29.3 Å². The summed E-state index contributed by atoms with van der Waals surface area (Å²) in [5.41, 5.74) is 10.7. The standard InChI is InChI=1S/C14H18N4/c1-18-8-2-3-11-9-10(4-6-13(11)18)12-5-7-14(15)17-16-12/h4,6,9H,2-3,5,7-8H2,1H3,(H2,15,17). The van der Waals surface area contributed by atoms with E-state index in [1.54, 1.807) is 0 Å². The summed E-state index contributed by atoms with van der Waals surface area (Å²) in [6, 6.07) is 6.62. The van der Waals surface area contributed by atoms with Crippen LogP contribution >= 0.6 is 0 Å². The van der Waals surface area contributed by atoms with Crippen molar-refractivity contribution >= 4 is 17.2 Å².